The molecule has 0 spiro atoms. The number of fused-ring (bicyclic) bond motifs is 1. The number of amides is 2. The first-order valence-electron chi connectivity index (χ1n) is 9.46. The molecule has 0 radical (unpaired) electrons. The Morgan fingerprint density at radius 2 is 1.89 bits per heavy atom. The summed E-state index contributed by atoms with van der Waals surface area (Å²) in [6, 6.07) is 5.87. The van der Waals surface area contributed by atoms with Crippen LogP contribution in [0.4, 0.5) is 4.79 Å². The van der Waals surface area contributed by atoms with Crippen LogP contribution in [0.5, 0.6) is 11.5 Å². The van der Waals surface area contributed by atoms with Crippen LogP contribution in [0.3, 0.4) is 0 Å². The second kappa shape index (κ2) is 8.06. The van der Waals surface area contributed by atoms with E-state index in [2.05, 4.69) is 5.32 Å². The van der Waals surface area contributed by atoms with Crippen molar-refractivity contribution in [1.29, 1.82) is 0 Å². The number of likely N-dealkylation sites (tertiary alicyclic amines) is 1. The number of ether oxygens (including phenoxy) is 3. The zero-order chi connectivity index (χ0) is 19.4. The summed E-state index contributed by atoms with van der Waals surface area (Å²) in [4.78, 5) is 26.0. The maximum atomic E-state index is 12.2. The molecule has 0 aromatic heterocycles. The number of carbonyl (C=O) groups excluding carboxylic acids is 2. The summed E-state index contributed by atoms with van der Waals surface area (Å²) in [6.45, 7) is 7.03. The van der Waals surface area contributed by atoms with Crippen molar-refractivity contribution in [3.63, 3.8) is 0 Å². The molecular weight excluding hydrogens is 348 g/mol. The average Bonchev–Trinajstić information content (AvgIpc) is 3.07. The first kappa shape index (κ1) is 19.3. The molecule has 1 fully saturated rings. The van der Waals surface area contributed by atoms with E-state index < -0.39 is 5.60 Å². The minimum atomic E-state index is -0.489. The van der Waals surface area contributed by atoms with Gasteiger partial charge in [-0.2, -0.15) is 0 Å². The quantitative estimate of drug-likeness (QED) is 0.874. The Labute approximate surface area is 160 Å². The lowest BCUT2D eigenvalue weighted by molar-refractivity contribution is -0.122. The molecule has 0 aliphatic carbocycles. The minimum Gasteiger partial charge on any atom is -0.454 e. The number of nitrogens with one attached hydrogen (secondary N) is 1. The smallest absolute Gasteiger partial charge is 0.410 e. The van der Waals surface area contributed by atoms with Gasteiger partial charge >= 0.3 is 6.09 Å². The van der Waals surface area contributed by atoms with Crippen molar-refractivity contribution in [2.45, 2.75) is 58.1 Å². The van der Waals surface area contributed by atoms with E-state index in [1.54, 1.807) is 4.90 Å². The highest BCUT2D eigenvalue weighted by Gasteiger charge is 2.27. The standard InChI is InChI=1S/C20H28N2O5/c1-20(2,3)27-19(24)22-10-8-15(9-11-22)21-18(23)7-5-14-4-6-16-17(12-14)26-13-25-16/h4,6,12,15H,5,7-11,13H2,1-3H3,(H,21,23). The summed E-state index contributed by atoms with van der Waals surface area (Å²) < 4.78 is 16.0. The van der Waals surface area contributed by atoms with E-state index in [4.69, 9.17) is 14.2 Å². The zero-order valence-corrected chi connectivity index (χ0v) is 16.2. The molecule has 1 aromatic carbocycles. The third kappa shape index (κ3) is 5.52. The van der Waals surface area contributed by atoms with Crippen LogP contribution in [0.2, 0.25) is 0 Å². The summed E-state index contributed by atoms with van der Waals surface area (Å²) in [5, 5.41) is 3.08. The second-order valence-corrected chi connectivity index (χ2v) is 8.00. The molecule has 0 saturated carbocycles. The fraction of sp³-hybridized carbons (Fsp3) is 0.600. The van der Waals surface area contributed by atoms with Crippen molar-refractivity contribution in [2.24, 2.45) is 0 Å². The molecule has 7 nitrogen and oxygen atoms in total. The van der Waals surface area contributed by atoms with Crippen LogP contribution < -0.4 is 14.8 Å². The van der Waals surface area contributed by atoms with Crippen molar-refractivity contribution in [2.75, 3.05) is 19.9 Å². The average molecular weight is 376 g/mol. The van der Waals surface area contributed by atoms with Gasteiger partial charge in [-0.25, -0.2) is 4.79 Å². The van der Waals surface area contributed by atoms with Gasteiger partial charge in [-0.05, 0) is 57.7 Å². The molecule has 1 aromatic rings. The van der Waals surface area contributed by atoms with Gasteiger partial charge in [-0.15, -0.1) is 0 Å². The largest absolute Gasteiger partial charge is 0.454 e. The number of nitrogens with zero attached hydrogens (tertiary/aromatic N) is 1. The van der Waals surface area contributed by atoms with Crippen LogP contribution >= 0.6 is 0 Å². The van der Waals surface area contributed by atoms with Gasteiger partial charge in [0, 0.05) is 25.6 Å². The van der Waals surface area contributed by atoms with E-state index in [9.17, 15) is 9.59 Å². The summed E-state index contributed by atoms with van der Waals surface area (Å²) in [5.41, 5.74) is 0.561. The molecule has 1 saturated heterocycles. The molecule has 2 amide bonds. The summed E-state index contributed by atoms with van der Waals surface area (Å²) in [7, 11) is 0. The number of hydrogen-bond acceptors (Lipinski definition) is 5. The molecule has 0 bridgehead atoms. The Morgan fingerprint density at radius 3 is 2.59 bits per heavy atom. The normalized spacial score (nSPS) is 16.9. The number of aryl methyl sites for hydroxylation is 1. The van der Waals surface area contributed by atoms with E-state index in [1.165, 1.54) is 0 Å². The lowest BCUT2D eigenvalue weighted by Gasteiger charge is -2.33. The van der Waals surface area contributed by atoms with Crippen LogP contribution in [-0.4, -0.2) is 48.4 Å². The number of benzene rings is 1. The van der Waals surface area contributed by atoms with Gasteiger partial charge in [-0.3, -0.25) is 4.79 Å². The Kier molecular flexibility index (Phi) is 5.77. The summed E-state index contributed by atoms with van der Waals surface area (Å²) in [5.74, 6) is 1.52. The van der Waals surface area contributed by atoms with Gasteiger partial charge in [0.25, 0.3) is 0 Å². The molecule has 27 heavy (non-hydrogen) atoms. The number of piperidine rings is 1. The van der Waals surface area contributed by atoms with E-state index in [-0.39, 0.29) is 24.8 Å². The molecule has 0 atom stereocenters. The third-order valence-electron chi connectivity index (χ3n) is 4.59. The highest BCUT2D eigenvalue weighted by Crippen LogP contribution is 2.32. The lowest BCUT2D eigenvalue weighted by atomic mass is 10.0. The van der Waals surface area contributed by atoms with Crippen molar-refractivity contribution in [3.05, 3.63) is 23.8 Å². The summed E-state index contributed by atoms with van der Waals surface area (Å²) >= 11 is 0. The van der Waals surface area contributed by atoms with Crippen LogP contribution in [0.1, 0.15) is 45.6 Å². The lowest BCUT2D eigenvalue weighted by Crippen LogP contribution is -2.47. The highest BCUT2D eigenvalue weighted by atomic mass is 16.7. The van der Waals surface area contributed by atoms with Gasteiger partial charge in [0.2, 0.25) is 12.7 Å². The maximum Gasteiger partial charge on any atom is 0.410 e. The van der Waals surface area contributed by atoms with Crippen LogP contribution in [-0.2, 0) is 16.0 Å². The zero-order valence-electron chi connectivity index (χ0n) is 16.2. The molecule has 2 aliphatic rings. The first-order chi connectivity index (χ1) is 12.8. The molecule has 1 N–H and O–H groups in total. The summed E-state index contributed by atoms with van der Waals surface area (Å²) in [6.07, 6.45) is 2.28. The Balaban J connectivity index is 1.39. The Bertz CT molecular complexity index is 690. The van der Waals surface area contributed by atoms with Gasteiger partial charge in [0.15, 0.2) is 11.5 Å². The van der Waals surface area contributed by atoms with Crippen molar-refractivity contribution >= 4 is 12.0 Å². The highest BCUT2D eigenvalue weighted by molar-refractivity contribution is 5.76. The molecule has 3 rings (SSSR count). The van der Waals surface area contributed by atoms with E-state index in [0.717, 1.165) is 29.9 Å². The van der Waals surface area contributed by atoms with Crippen molar-refractivity contribution < 1.29 is 23.8 Å². The van der Waals surface area contributed by atoms with Crippen LogP contribution in [0, 0.1) is 0 Å². The SMILES string of the molecule is CC(C)(C)OC(=O)N1CCC(NC(=O)CCc2ccc3c(c2)OCO3)CC1. The van der Waals surface area contributed by atoms with Gasteiger partial charge < -0.3 is 24.4 Å². The van der Waals surface area contributed by atoms with Crippen molar-refractivity contribution in [1.82, 2.24) is 10.2 Å². The van der Waals surface area contributed by atoms with Gasteiger partial charge in [0.1, 0.15) is 5.60 Å². The number of carbonyl (C=O) groups is 2. The van der Waals surface area contributed by atoms with Crippen LogP contribution in [0.15, 0.2) is 18.2 Å². The molecule has 0 unspecified atom stereocenters. The predicted molar refractivity (Wildman–Crippen MR) is 99.9 cm³/mol. The minimum absolute atomic E-state index is 0.0309. The second-order valence-electron chi connectivity index (χ2n) is 8.00. The van der Waals surface area contributed by atoms with Crippen molar-refractivity contribution in [3.8, 4) is 11.5 Å². The Morgan fingerprint density at radius 1 is 1.19 bits per heavy atom. The molecule has 7 heteroatoms. The Hall–Kier alpha value is -2.44. The van der Waals surface area contributed by atoms with Gasteiger partial charge in [0.05, 0.1) is 0 Å². The van der Waals surface area contributed by atoms with Crippen LogP contribution in [0.25, 0.3) is 0 Å². The fourth-order valence-electron chi connectivity index (χ4n) is 3.19. The molecule has 148 valence electrons. The maximum absolute atomic E-state index is 12.2. The van der Waals surface area contributed by atoms with E-state index >= 15 is 0 Å². The first-order valence-corrected chi connectivity index (χ1v) is 9.46. The van der Waals surface area contributed by atoms with E-state index in [0.29, 0.717) is 25.9 Å². The van der Waals surface area contributed by atoms with E-state index in [1.807, 2.05) is 39.0 Å². The molecular formula is C20H28N2O5. The molecule has 2 aliphatic heterocycles. The van der Waals surface area contributed by atoms with Gasteiger partial charge in [-0.1, -0.05) is 6.07 Å². The molecule has 2 heterocycles. The number of hydrogen-bond donors (Lipinski definition) is 1. The predicted octanol–water partition coefficient (Wildman–Crippen LogP) is 2.86. The third-order valence-corrected chi connectivity index (χ3v) is 4.59. The number of rotatable bonds is 4. The monoisotopic (exact) mass is 376 g/mol. The fourth-order valence-corrected chi connectivity index (χ4v) is 3.19. The topological polar surface area (TPSA) is 77.1 Å².